The monoisotopic (exact) mass is 810 g/mol. The normalized spacial score (nSPS) is 12.1. The van der Waals surface area contributed by atoms with Gasteiger partial charge in [-0.3, -0.25) is 0 Å². The van der Waals surface area contributed by atoms with Gasteiger partial charge in [0.1, 0.15) is 0 Å². The van der Waals surface area contributed by atoms with Crippen molar-refractivity contribution in [3.8, 4) is 0 Å². The van der Waals surface area contributed by atoms with Gasteiger partial charge in [-0.1, -0.05) is 297 Å². The summed E-state index contributed by atoms with van der Waals surface area (Å²) in [6, 6.07) is 0.157. The van der Waals surface area contributed by atoms with E-state index in [1.54, 1.807) is 0 Å². The summed E-state index contributed by atoms with van der Waals surface area (Å²) in [6.45, 7) is 8.93. The zero-order chi connectivity index (χ0) is 41.4. The Labute approximate surface area is 379 Å². The van der Waals surface area contributed by atoms with E-state index in [0.29, 0.717) is 0 Å². The van der Waals surface area contributed by atoms with Gasteiger partial charge < -0.3 is 14.8 Å². The number of carbonyl (C=O) groups is 1. The first-order valence-electron chi connectivity index (χ1n) is 27.1. The smallest absolute Gasteiger partial charge is 0.550 e. The number of hydrogen-bond donors (Lipinski definition) is 0. The first kappa shape index (κ1) is 60.1. The van der Waals surface area contributed by atoms with Crippen LogP contribution in [-0.2, 0) is 4.79 Å². The zero-order valence-corrected chi connectivity index (χ0v) is 41.0. The third-order valence-corrected chi connectivity index (χ3v) is 13.1. The number of carbonyl (C=O) groups excluding carboxylic acids is 1. The predicted molar refractivity (Wildman–Crippen MR) is 254 cm³/mol. The van der Waals surface area contributed by atoms with E-state index in [1.807, 2.05) is 0 Å². The van der Waals surface area contributed by atoms with Crippen LogP contribution < -0.4 is 24.0 Å². The Morgan fingerprint density at radius 3 is 0.690 bits per heavy atom. The van der Waals surface area contributed by atoms with E-state index >= 15 is 0 Å². The Morgan fingerprint density at radius 1 is 0.328 bits per heavy atom. The molecule has 0 saturated carbocycles. The van der Waals surface area contributed by atoms with E-state index in [9.17, 15) is 9.90 Å². The second-order valence-corrected chi connectivity index (χ2v) is 18.9. The van der Waals surface area contributed by atoms with Crippen LogP contribution in [0.2, 0.25) is 0 Å². The standard InChI is InChI=1S/C54H109NO2.Li/c1-4-7-9-11-13-15-17-19-21-23-25-27-29-31-33-35-37-39-41-43-45-47-50-55(53(49-6-3)52-54(56)57)51-48-46-44-42-40-38-36-34-32-30-28-26-24-22-20-18-16-14-12-10-8-5-2;/h53H,4-52H2,1-3H3,(H,56,57);/q;+1/p-1. The maximum atomic E-state index is 11.6. The summed E-state index contributed by atoms with van der Waals surface area (Å²) in [5.41, 5.74) is 0. The van der Waals surface area contributed by atoms with Gasteiger partial charge in [0.2, 0.25) is 0 Å². The van der Waals surface area contributed by atoms with Crippen LogP contribution in [0.25, 0.3) is 0 Å². The fourth-order valence-corrected chi connectivity index (χ4v) is 9.26. The van der Waals surface area contributed by atoms with Gasteiger partial charge in [0.05, 0.1) is 0 Å². The molecule has 0 spiro atoms. The molecule has 0 bridgehead atoms. The molecule has 0 aromatic heterocycles. The number of carboxylic acids is 1. The molecule has 4 heteroatoms. The fourth-order valence-electron chi connectivity index (χ4n) is 9.26. The van der Waals surface area contributed by atoms with Gasteiger partial charge in [-0.15, -0.1) is 0 Å². The van der Waals surface area contributed by atoms with E-state index in [4.69, 9.17) is 0 Å². The van der Waals surface area contributed by atoms with Gasteiger partial charge >= 0.3 is 18.9 Å². The predicted octanol–water partition coefficient (Wildman–Crippen LogP) is 14.8. The van der Waals surface area contributed by atoms with Crippen LogP contribution in [0, 0.1) is 0 Å². The van der Waals surface area contributed by atoms with Crippen molar-refractivity contribution in [2.24, 2.45) is 0 Å². The summed E-state index contributed by atoms with van der Waals surface area (Å²) in [6.07, 6.45) is 64.6. The van der Waals surface area contributed by atoms with E-state index in [2.05, 4.69) is 25.7 Å². The minimum Gasteiger partial charge on any atom is -0.550 e. The molecule has 0 saturated heterocycles. The molecule has 0 aliphatic heterocycles. The summed E-state index contributed by atoms with van der Waals surface area (Å²) < 4.78 is 0. The molecule has 0 aliphatic rings. The molecule has 0 fully saturated rings. The molecule has 0 aliphatic carbocycles. The molecular formula is C54H108LiNO2. The molecule has 0 amide bonds. The Bertz CT molecular complexity index is 699. The van der Waals surface area contributed by atoms with Crippen LogP contribution in [0.1, 0.15) is 323 Å². The Morgan fingerprint density at radius 2 is 0.517 bits per heavy atom. The van der Waals surface area contributed by atoms with Crippen LogP contribution in [0.15, 0.2) is 0 Å². The van der Waals surface area contributed by atoms with Gasteiger partial charge in [-0.2, -0.15) is 0 Å². The van der Waals surface area contributed by atoms with Crippen molar-refractivity contribution in [1.82, 2.24) is 4.90 Å². The van der Waals surface area contributed by atoms with Crippen molar-refractivity contribution in [2.75, 3.05) is 13.1 Å². The van der Waals surface area contributed by atoms with Gasteiger partial charge in [0.25, 0.3) is 0 Å². The van der Waals surface area contributed by atoms with Gasteiger partial charge in [0.15, 0.2) is 0 Å². The van der Waals surface area contributed by atoms with Crippen LogP contribution in [-0.4, -0.2) is 30.0 Å². The van der Waals surface area contributed by atoms with Gasteiger partial charge in [0, 0.05) is 18.4 Å². The van der Waals surface area contributed by atoms with Gasteiger partial charge in [-0.25, -0.2) is 0 Å². The zero-order valence-electron chi connectivity index (χ0n) is 41.0. The average molecular weight is 810 g/mol. The molecule has 0 heterocycles. The molecule has 0 aromatic rings. The molecule has 3 nitrogen and oxygen atoms in total. The summed E-state index contributed by atoms with van der Waals surface area (Å²) >= 11 is 0. The SMILES string of the molecule is CCCCCCCCCCCCCCCCCCCCCCCCN(CCCCCCCCCCCCCCCCCCCCCCCC)C(CCC)CC(=O)[O-].[Li+]. The first-order chi connectivity index (χ1) is 28.2. The molecule has 342 valence electrons. The van der Waals surface area contributed by atoms with Crippen molar-refractivity contribution in [2.45, 2.75) is 329 Å². The van der Waals surface area contributed by atoms with Crippen LogP contribution in [0.3, 0.4) is 0 Å². The topological polar surface area (TPSA) is 43.4 Å². The van der Waals surface area contributed by atoms with Crippen molar-refractivity contribution >= 4 is 5.97 Å². The maximum Gasteiger partial charge on any atom is 1.00 e. The molecular weight excluding hydrogens is 702 g/mol. The Balaban J connectivity index is 0. The summed E-state index contributed by atoms with van der Waals surface area (Å²) in [4.78, 5) is 14.1. The van der Waals surface area contributed by atoms with Crippen molar-refractivity contribution in [3.05, 3.63) is 0 Å². The molecule has 0 aromatic carbocycles. The number of unbranched alkanes of at least 4 members (excludes halogenated alkanes) is 42. The van der Waals surface area contributed by atoms with E-state index in [1.165, 1.54) is 283 Å². The Kier molecular flexibility index (Phi) is 55.1. The number of nitrogens with zero attached hydrogens (tertiary/aromatic N) is 1. The summed E-state index contributed by atoms with van der Waals surface area (Å²) in [5.74, 6) is -0.874. The van der Waals surface area contributed by atoms with Gasteiger partial charge in [-0.05, 0) is 32.4 Å². The molecule has 0 N–H and O–H groups in total. The maximum absolute atomic E-state index is 11.6. The molecule has 0 rings (SSSR count). The number of carboxylic acid groups (broad SMARTS) is 1. The third-order valence-electron chi connectivity index (χ3n) is 13.1. The molecule has 58 heavy (non-hydrogen) atoms. The quantitative estimate of drug-likeness (QED) is 0.0454. The largest absolute Gasteiger partial charge is 1.00 e. The fraction of sp³-hybridized carbons (Fsp3) is 0.981. The van der Waals surface area contributed by atoms with E-state index in [0.717, 1.165) is 25.9 Å². The van der Waals surface area contributed by atoms with Crippen LogP contribution in [0.5, 0.6) is 0 Å². The second kappa shape index (κ2) is 53.2. The minimum atomic E-state index is -0.874. The van der Waals surface area contributed by atoms with E-state index < -0.39 is 5.97 Å². The third kappa shape index (κ3) is 48.7. The van der Waals surface area contributed by atoms with Crippen molar-refractivity contribution in [1.29, 1.82) is 0 Å². The number of aliphatic carboxylic acids is 1. The minimum absolute atomic E-state index is 0. The number of hydrogen-bond acceptors (Lipinski definition) is 3. The van der Waals surface area contributed by atoms with Crippen LogP contribution in [0.4, 0.5) is 0 Å². The number of rotatable bonds is 51. The Hall–Kier alpha value is 0.0274. The molecule has 1 unspecified atom stereocenters. The average Bonchev–Trinajstić information content (AvgIpc) is 3.20. The van der Waals surface area contributed by atoms with Crippen molar-refractivity contribution < 1.29 is 28.8 Å². The first-order valence-corrected chi connectivity index (χ1v) is 27.1. The summed E-state index contributed by atoms with van der Waals surface area (Å²) in [5, 5.41) is 11.6. The second-order valence-electron chi connectivity index (χ2n) is 18.9. The molecule has 0 radical (unpaired) electrons. The molecule has 1 atom stereocenters. The van der Waals surface area contributed by atoms with E-state index in [-0.39, 0.29) is 31.3 Å². The summed E-state index contributed by atoms with van der Waals surface area (Å²) in [7, 11) is 0. The van der Waals surface area contributed by atoms with Crippen LogP contribution >= 0.6 is 0 Å². The van der Waals surface area contributed by atoms with Crippen molar-refractivity contribution in [3.63, 3.8) is 0 Å².